The fourth-order valence-electron chi connectivity index (χ4n) is 2.22. The van der Waals surface area contributed by atoms with E-state index in [1.807, 2.05) is 32.0 Å². The van der Waals surface area contributed by atoms with E-state index in [0.717, 1.165) is 11.4 Å². The van der Waals surface area contributed by atoms with Gasteiger partial charge in [0.2, 0.25) is 0 Å². The van der Waals surface area contributed by atoms with E-state index in [0.29, 0.717) is 27.2 Å². The molecule has 0 fully saturated rings. The van der Waals surface area contributed by atoms with Crippen molar-refractivity contribution in [3.63, 3.8) is 0 Å². The highest BCUT2D eigenvalue weighted by Gasteiger charge is 2.09. The first-order valence-electron chi connectivity index (χ1n) is 7.32. The number of carbonyl (C=O) groups excluding carboxylic acids is 1. The predicted molar refractivity (Wildman–Crippen MR) is 95.1 cm³/mol. The van der Waals surface area contributed by atoms with Crippen molar-refractivity contribution in [2.75, 3.05) is 5.75 Å². The van der Waals surface area contributed by atoms with Gasteiger partial charge in [-0.25, -0.2) is 4.68 Å². The van der Waals surface area contributed by atoms with Crippen LogP contribution in [0.3, 0.4) is 0 Å². The number of hydrogen-bond acceptors (Lipinski definition) is 5. The second kappa shape index (κ2) is 7.15. The Balaban J connectivity index is 1.65. The van der Waals surface area contributed by atoms with Crippen molar-refractivity contribution in [3.8, 4) is 5.82 Å². The van der Waals surface area contributed by atoms with E-state index in [1.54, 1.807) is 28.9 Å². The number of nitrogens with zero attached hydrogens (tertiary/aromatic N) is 4. The maximum Gasteiger partial charge on any atom is 0.175 e. The highest BCUT2D eigenvalue weighted by atomic mass is 35.5. The molecule has 2 heterocycles. The van der Waals surface area contributed by atoms with Crippen molar-refractivity contribution >= 4 is 29.1 Å². The van der Waals surface area contributed by atoms with Crippen LogP contribution in [0.1, 0.15) is 21.7 Å². The molecule has 0 spiro atoms. The zero-order valence-corrected chi connectivity index (χ0v) is 14.8. The van der Waals surface area contributed by atoms with Crippen LogP contribution in [0.2, 0.25) is 5.02 Å². The number of hydrogen-bond donors (Lipinski definition) is 0. The SMILES string of the molecule is Cc1cc(C)n(-c2ccc(SCC(=O)c3ccc(Cl)cc3)nn2)n1. The van der Waals surface area contributed by atoms with Gasteiger partial charge in [0, 0.05) is 16.3 Å². The van der Waals surface area contributed by atoms with Gasteiger partial charge in [-0.05, 0) is 56.3 Å². The van der Waals surface area contributed by atoms with E-state index in [4.69, 9.17) is 11.6 Å². The molecule has 1 aromatic carbocycles. The summed E-state index contributed by atoms with van der Waals surface area (Å²) in [6, 6.07) is 12.5. The summed E-state index contributed by atoms with van der Waals surface area (Å²) in [6.07, 6.45) is 0. The Kier molecular flexibility index (Phi) is 4.97. The van der Waals surface area contributed by atoms with Crippen LogP contribution in [0.5, 0.6) is 0 Å². The molecule has 0 aliphatic heterocycles. The Hall–Kier alpha value is -2.18. The Morgan fingerprint density at radius 2 is 1.88 bits per heavy atom. The second-order valence-electron chi connectivity index (χ2n) is 5.29. The van der Waals surface area contributed by atoms with Gasteiger partial charge in [0.25, 0.3) is 0 Å². The van der Waals surface area contributed by atoms with Gasteiger partial charge < -0.3 is 0 Å². The molecule has 2 aromatic heterocycles. The molecule has 24 heavy (non-hydrogen) atoms. The minimum atomic E-state index is 0.0288. The Morgan fingerprint density at radius 1 is 1.12 bits per heavy atom. The molecule has 0 saturated heterocycles. The topological polar surface area (TPSA) is 60.7 Å². The lowest BCUT2D eigenvalue weighted by atomic mass is 10.1. The summed E-state index contributed by atoms with van der Waals surface area (Å²) in [5.41, 5.74) is 2.57. The summed E-state index contributed by atoms with van der Waals surface area (Å²) in [5, 5.41) is 14.0. The summed E-state index contributed by atoms with van der Waals surface area (Å²) in [7, 11) is 0. The molecule has 0 aliphatic carbocycles. The van der Waals surface area contributed by atoms with E-state index in [-0.39, 0.29) is 5.78 Å². The molecule has 0 amide bonds. The minimum Gasteiger partial charge on any atom is -0.293 e. The summed E-state index contributed by atoms with van der Waals surface area (Å²) in [4.78, 5) is 12.1. The maximum atomic E-state index is 12.1. The van der Waals surface area contributed by atoms with E-state index in [2.05, 4.69) is 15.3 Å². The van der Waals surface area contributed by atoms with Crippen molar-refractivity contribution in [1.82, 2.24) is 20.0 Å². The van der Waals surface area contributed by atoms with Gasteiger partial charge in [-0.3, -0.25) is 4.79 Å². The van der Waals surface area contributed by atoms with Crippen LogP contribution in [-0.2, 0) is 0 Å². The van der Waals surface area contributed by atoms with Crippen LogP contribution >= 0.6 is 23.4 Å². The first-order valence-corrected chi connectivity index (χ1v) is 8.68. The fourth-order valence-corrected chi connectivity index (χ4v) is 3.06. The number of ketones is 1. The standard InChI is InChI=1S/C17H15ClN4OS/c1-11-9-12(2)22(21-11)16-7-8-17(20-19-16)24-10-15(23)13-3-5-14(18)6-4-13/h3-9H,10H2,1-2H3. The normalized spacial score (nSPS) is 10.8. The zero-order valence-electron chi connectivity index (χ0n) is 13.2. The summed E-state index contributed by atoms with van der Waals surface area (Å²) in [6.45, 7) is 3.90. The fraction of sp³-hybridized carbons (Fsp3) is 0.176. The van der Waals surface area contributed by atoms with Gasteiger partial charge in [0.15, 0.2) is 11.6 Å². The number of aryl methyl sites for hydroxylation is 2. The lowest BCUT2D eigenvalue weighted by molar-refractivity contribution is 0.102. The average molecular weight is 359 g/mol. The third-order valence-electron chi connectivity index (χ3n) is 3.37. The third-order valence-corrected chi connectivity index (χ3v) is 4.54. The molecule has 122 valence electrons. The van der Waals surface area contributed by atoms with Crippen molar-refractivity contribution in [1.29, 1.82) is 0 Å². The first kappa shape index (κ1) is 16.7. The Morgan fingerprint density at radius 3 is 2.46 bits per heavy atom. The highest BCUT2D eigenvalue weighted by Crippen LogP contribution is 2.18. The number of thioether (sulfide) groups is 1. The number of aromatic nitrogens is 4. The smallest absolute Gasteiger partial charge is 0.175 e. The molecule has 0 atom stereocenters. The third kappa shape index (κ3) is 3.83. The summed E-state index contributed by atoms with van der Waals surface area (Å²) in [5.74, 6) is 0.991. The zero-order chi connectivity index (χ0) is 17.1. The van der Waals surface area contributed by atoms with E-state index in [1.165, 1.54) is 11.8 Å². The van der Waals surface area contributed by atoms with Gasteiger partial charge in [0.1, 0.15) is 5.03 Å². The molecule has 7 heteroatoms. The molecular formula is C17H15ClN4OS. The molecule has 3 rings (SSSR count). The molecule has 5 nitrogen and oxygen atoms in total. The van der Waals surface area contributed by atoms with Crippen LogP contribution in [-0.4, -0.2) is 31.5 Å². The highest BCUT2D eigenvalue weighted by molar-refractivity contribution is 7.99. The van der Waals surface area contributed by atoms with E-state index < -0.39 is 0 Å². The van der Waals surface area contributed by atoms with Crippen LogP contribution in [0.4, 0.5) is 0 Å². The van der Waals surface area contributed by atoms with Gasteiger partial charge in [0.05, 0.1) is 11.4 Å². The average Bonchev–Trinajstić information content (AvgIpc) is 2.92. The summed E-state index contributed by atoms with van der Waals surface area (Å²) < 4.78 is 1.75. The monoisotopic (exact) mass is 358 g/mol. The molecule has 0 bridgehead atoms. The van der Waals surface area contributed by atoms with Gasteiger partial charge >= 0.3 is 0 Å². The first-order chi connectivity index (χ1) is 11.5. The molecule has 0 radical (unpaired) electrons. The lowest BCUT2D eigenvalue weighted by Crippen LogP contribution is -2.05. The van der Waals surface area contributed by atoms with Crippen LogP contribution in [0, 0.1) is 13.8 Å². The molecule has 3 aromatic rings. The predicted octanol–water partition coefficient (Wildman–Crippen LogP) is 3.91. The van der Waals surface area contributed by atoms with Crippen molar-refractivity contribution < 1.29 is 4.79 Å². The van der Waals surface area contributed by atoms with Gasteiger partial charge in [-0.1, -0.05) is 23.4 Å². The summed E-state index contributed by atoms with van der Waals surface area (Å²) >= 11 is 7.18. The lowest BCUT2D eigenvalue weighted by Gasteiger charge is -2.04. The number of rotatable bonds is 5. The Labute approximate surface area is 149 Å². The number of benzene rings is 1. The number of Topliss-reactive ketones (excluding diaryl/α,β-unsaturated/α-hetero) is 1. The van der Waals surface area contributed by atoms with Crippen LogP contribution in [0.25, 0.3) is 5.82 Å². The minimum absolute atomic E-state index is 0.0288. The number of carbonyl (C=O) groups is 1. The largest absolute Gasteiger partial charge is 0.293 e. The van der Waals surface area contributed by atoms with Crippen LogP contribution in [0.15, 0.2) is 47.5 Å². The Bertz CT molecular complexity index is 859. The van der Waals surface area contributed by atoms with Crippen molar-refractivity contribution in [2.45, 2.75) is 18.9 Å². The van der Waals surface area contributed by atoms with Crippen molar-refractivity contribution in [3.05, 3.63) is 64.4 Å². The molecule has 0 saturated carbocycles. The molecular weight excluding hydrogens is 344 g/mol. The van der Waals surface area contributed by atoms with Crippen molar-refractivity contribution in [2.24, 2.45) is 0 Å². The molecule has 0 N–H and O–H groups in total. The van der Waals surface area contributed by atoms with E-state index >= 15 is 0 Å². The number of halogens is 1. The quantitative estimate of drug-likeness (QED) is 0.511. The van der Waals surface area contributed by atoms with Crippen LogP contribution < -0.4 is 0 Å². The molecule has 0 aliphatic rings. The van der Waals surface area contributed by atoms with E-state index in [9.17, 15) is 4.79 Å². The molecule has 0 unspecified atom stereocenters. The van der Waals surface area contributed by atoms with Gasteiger partial charge in [-0.15, -0.1) is 10.2 Å². The second-order valence-corrected chi connectivity index (χ2v) is 6.72. The maximum absolute atomic E-state index is 12.1. The van der Waals surface area contributed by atoms with Gasteiger partial charge in [-0.2, -0.15) is 5.10 Å².